The quantitative estimate of drug-likeness (QED) is 0.799. The highest BCUT2D eigenvalue weighted by molar-refractivity contribution is 5.97. The summed E-state index contributed by atoms with van der Waals surface area (Å²) in [6.07, 6.45) is 1.80. The molecule has 1 amide bonds. The second kappa shape index (κ2) is 6.51. The van der Waals surface area contributed by atoms with E-state index in [-0.39, 0.29) is 37.3 Å². The lowest BCUT2D eigenvalue weighted by Crippen LogP contribution is -2.36. The van der Waals surface area contributed by atoms with Crippen LogP contribution in [0, 0.1) is 17.7 Å². The largest absolute Gasteiger partial charge is 0.395 e. The molecule has 0 heterocycles. The van der Waals surface area contributed by atoms with Gasteiger partial charge in [-0.05, 0) is 31.0 Å². The molecular formula is C15H16FNO3. The van der Waals surface area contributed by atoms with Crippen LogP contribution >= 0.6 is 0 Å². The van der Waals surface area contributed by atoms with Crippen molar-refractivity contribution in [1.29, 1.82) is 0 Å². The molecule has 1 saturated carbocycles. The molecule has 106 valence electrons. The Bertz CT molecular complexity index is 558. The predicted molar refractivity (Wildman–Crippen MR) is 71.5 cm³/mol. The van der Waals surface area contributed by atoms with E-state index in [4.69, 9.17) is 10.2 Å². The summed E-state index contributed by atoms with van der Waals surface area (Å²) in [5.74, 6) is 4.27. The van der Waals surface area contributed by atoms with Gasteiger partial charge in [-0.3, -0.25) is 4.79 Å². The maximum Gasteiger partial charge on any atom is 0.255 e. The highest BCUT2D eigenvalue weighted by Crippen LogP contribution is 2.28. The second-order valence-electron chi connectivity index (χ2n) is 4.60. The molecule has 1 fully saturated rings. The fourth-order valence-electron chi connectivity index (χ4n) is 2.04. The number of hydrogen-bond acceptors (Lipinski definition) is 3. The Hall–Kier alpha value is -1.90. The van der Waals surface area contributed by atoms with E-state index >= 15 is 0 Å². The summed E-state index contributed by atoms with van der Waals surface area (Å²) in [6, 6.07) is 3.92. The first-order valence-electron chi connectivity index (χ1n) is 6.48. The van der Waals surface area contributed by atoms with Crippen LogP contribution in [0.4, 0.5) is 4.39 Å². The van der Waals surface area contributed by atoms with Crippen molar-refractivity contribution < 1.29 is 19.4 Å². The van der Waals surface area contributed by atoms with Gasteiger partial charge in [-0.25, -0.2) is 4.39 Å². The molecule has 1 aliphatic rings. The molecule has 0 bridgehead atoms. The summed E-state index contributed by atoms with van der Waals surface area (Å²) in [5.41, 5.74) is 0.556. The number of aliphatic hydroxyl groups excluding tert-OH is 2. The molecule has 5 heteroatoms. The fourth-order valence-corrected chi connectivity index (χ4v) is 2.04. The first-order chi connectivity index (χ1) is 9.67. The molecule has 20 heavy (non-hydrogen) atoms. The number of rotatable bonds is 4. The Kier molecular flexibility index (Phi) is 4.72. The zero-order valence-electron chi connectivity index (χ0n) is 11.0. The van der Waals surface area contributed by atoms with E-state index in [0.717, 1.165) is 18.9 Å². The minimum Gasteiger partial charge on any atom is -0.395 e. The van der Waals surface area contributed by atoms with Gasteiger partial charge < -0.3 is 15.1 Å². The van der Waals surface area contributed by atoms with Gasteiger partial charge >= 0.3 is 0 Å². The van der Waals surface area contributed by atoms with Crippen LogP contribution in [0.3, 0.4) is 0 Å². The van der Waals surface area contributed by atoms with Crippen LogP contribution in [-0.2, 0) is 0 Å². The maximum absolute atomic E-state index is 13.4. The SMILES string of the molecule is O=C(c1cc(F)ccc1C#CCO)N(CCO)C1CC1. The first-order valence-corrected chi connectivity index (χ1v) is 6.48. The van der Waals surface area contributed by atoms with Crippen molar-refractivity contribution >= 4 is 5.91 Å². The summed E-state index contributed by atoms with van der Waals surface area (Å²) < 4.78 is 13.4. The van der Waals surface area contributed by atoms with Crippen molar-refractivity contribution in [3.63, 3.8) is 0 Å². The molecule has 1 aromatic rings. The van der Waals surface area contributed by atoms with Crippen LogP contribution in [0.15, 0.2) is 18.2 Å². The third-order valence-electron chi connectivity index (χ3n) is 3.10. The molecule has 1 aromatic carbocycles. The molecule has 2 rings (SSSR count). The molecule has 2 N–H and O–H groups in total. The van der Waals surface area contributed by atoms with Crippen molar-refractivity contribution in [3.05, 3.63) is 35.1 Å². The number of carbonyl (C=O) groups excluding carboxylic acids is 1. The van der Waals surface area contributed by atoms with Gasteiger partial charge in [0.1, 0.15) is 12.4 Å². The second-order valence-corrected chi connectivity index (χ2v) is 4.60. The molecule has 0 aromatic heterocycles. The van der Waals surface area contributed by atoms with Crippen LogP contribution in [0.5, 0.6) is 0 Å². The number of carbonyl (C=O) groups is 1. The molecule has 1 aliphatic carbocycles. The van der Waals surface area contributed by atoms with Crippen molar-refractivity contribution in [1.82, 2.24) is 4.90 Å². The molecular weight excluding hydrogens is 261 g/mol. The zero-order chi connectivity index (χ0) is 14.5. The van der Waals surface area contributed by atoms with Gasteiger partial charge in [0.15, 0.2) is 0 Å². The van der Waals surface area contributed by atoms with Crippen LogP contribution < -0.4 is 0 Å². The van der Waals surface area contributed by atoms with E-state index in [9.17, 15) is 9.18 Å². The van der Waals surface area contributed by atoms with E-state index in [2.05, 4.69) is 11.8 Å². The number of halogens is 1. The smallest absolute Gasteiger partial charge is 0.255 e. The van der Waals surface area contributed by atoms with Gasteiger partial charge in [0.05, 0.1) is 12.2 Å². The van der Waals surface area contributed by atoms with Gasteiger partial charge in [-0.2, -0.15) is 0 Å². The van der Waals surface area contributed by atoms with E-state index in [1.807, 2.05) is 0 Å². The third kappa shape index (κ3) is 3.35. The van der Waals surface area contributed by atoms with Gasteiger partial charge in [0.25, 0.3) is 5.91 Å². The Labute approximate surface area is 116 Å². The summed E-state index contributed by atoms with van der Waals surface area (Å²) in [7, 11) is 0. The van der Waals surface area contributed by atoms with Gasteiger partial charge in [0.2, 0.25) is 0 Å². The average molecular weight is 277 g/mol. The van der Waals surface area contributed by atoms with Gasteiger partial charge in [-0.1, -0.05) is 11.8 Å². The summed E-state index contributed by atoms with van der Waals surface area (Å²) >= 11 is 0. The number of hydrogen-bond donors (Lipinski definition) is 2. The highest BCUT2D eigenvalue weighted by atomic mass is 19.1. The number of amides is 1. The normalized spacial score (nSPS) is 13.6. The molecule has 0 aliphatic heterocycles. The Morgan fingerprint density at radius 2 is 2.15 bits per heavy atom. The lowest BCUT2D eigenvalue weighted by molar-refractivity contribution is 0.0707. The van der Waals surface area contributed by atoms with Crippen LogP contribution in [0.25, 0.3) is 0 Å². The molecule has 0 spiro atoms. The average Bonchev–Trinajstić information content (AvgIpc) is 3.27. The van der Waals surface area contributed by atoms with E-state index in [1.165, 1.54) is 12.1 Å². The zero-order valence-corrected chi connectivity index (χ0v) is 11.0. The van der Waals surface area contributed by atoms with Crippen molar-refractivity contribution in [3.8, 4) is 11.8 Å². The number of aliphatic hydroxyl groups is 2. The monoisotopic (exact) mass is 277 g/mol. The van der Waals surface area contributed by atoms with E-state index < -0.39 is 5.82 Å². The first kappa shape index (κ1) is 14.5. The van der Waals surface area contributed by atoms with Crippen molar-refractivity contribution in [2.24, 2.45) is 0 Å². The number of benzene rings is 1. The van der Waals surface area contributed by atoms with Crippen molar-refractivity contribution in [2.45, 2.75) is 18.9 Å². The molecule has 0 saturated heterocycles. The van der Waals surface area contributed by atoms with E-state index in [1.54, 1.807) is 4.90 Å². The molecule has 0 unspecified atom stereocenters. The standard InChI is InChI=1S/C15H16FNO3/c16-12-4-3-11(2-1-8-18)14(10-12)15(20)17(7-9-19)13-5-6-13/h3-4,10,13,18-19H,5-9H2. The van der Waals surface area contributed by atoms with Crippen LogP contribution in [0.1, 0.15) is 28.8 Å². The van der Waals surface area contributed by atoms with Gasteiger partial charge in [-0.15, -0.1) is 0 Å². The lowest BCUT2D eigenvalue weighted by Gasteiger charge is -2.22. The molecule has 0 atom stereocenters. The van der Waals surface area contributed by atoms with E-state index in [0.29, 0.717) is 5.56 Å². The summed E-state index contributed by atoms with van der Waals surface area (Å²) in [5, 5.41) is 17.8. The minimum atomic E-state index is -0.511. The highest BCUT2D eigenvalue weighted by Gasteiger charge is 2.33. The van der Waals surface area contributed by atoms with Gasteiger partial charge in [0, 0.05) is 18.2 Å². The predicted octanol–water partition coefficient (Wildman–Crippen LogP) is 0.766. The van der Waals surface area contributed by atoms with Crippen LogP contribution in [-0.4, -0.2) is 46.8 Å². The Morgan fingerprint density at radius 1 is 1.40 bits per heavy atom. The minimum absolute atomic E-state index is 0.122. The fraction of sp³-hybridized carbons (Fsp3) is 0.400. The number of nitrogens with zero attached hydrogens (tertiary/aromatic N) is 1. The van der Waals surface area contributed by atoms with Crippen LogP contribution in [0.2, 0.25) is 0 Å². The Morgan fingerprint density at radius 3 is 2.75 bits per heavy atom. The summed E-state index contributed by atoms with van der Waals surface area (Å²) in [6.45, 7) is -0.226. The van der Waals surface area contributed by atoms with Crippen molar-refractivity contribution in [2.75, 3.05) is 19.8 Å². The topological polar surface area (TPSA) is 60.8 Å². The maximum atomic E-state index is 13.4. The molecule has 0 radical (unpaired) electrons. The third-order valence-corrected chi connectivity index (χ3v) is 3.10. The lowest BCUT2D eigenvalue weighted by atomic mass is 10.1. The molecule has 4 nitrogen and oxygen atoms in total. The Balaban J connectivity index is 2.33. The summed E-state index contributed by atoms with van der Waals surface area (Å²) in [4.78, 5) is 14.0.